The molecule has 0 aliphatic carbocycles. The quantitative estimate of drug-likeness (QED) is 0.889. The molecule has 0 unspecified atom stereocenters. The first-order valence-electron chi connectivity index (χ1n) is 6.31. The highest BCUT2D eigenvalue weighted by molar-refractivity contribution is 7.12. The lowest BCUT2D eigenvalue weighted by molar-refractivity contribution is 0.0709. The number of carbonyl (C=O) groups excluding carboxylic acids is 1. The van der Waals surface area contributed by atoms with Gasteiger partial charge in [-0.2, -0.15) is 0 Å². The van der Waals surface area contributed by atoms with Crippen LogP contribution in [0.2, 0.25) is 0 Å². The van der Waals surface area contributed by atoms with Crippen LogP contribution in [0.15, 0.2) is 41.8 Å². The Balaban J connectivity index is 2.18. The molecule has 1 heterocycles. The van der Waals surface area contributed by atoms with Gasteiger partial charge in [-0.05, 0) is 17.0 Å². The molecule has 5 heteroatoms. The van der Waals surface area contributed by atoms with E-state index < -0.39 is 0 Å². The summed E-state index contributed by atoms with van der Waals surface area (Å²) in [5.41, 5.74) is 1.03. The SMILES string of the molecule is COc1ccsc1C(=O)N(CCO)Cc1ccccc1. The van der Waals surface area contributed by atoms with E-state index in [0.717, 1.165) is 5.56 Å². The molecule has 0 aliphatic heterocycles. The van der Waals surface area contributed by atoms with Crippen molar-refractivity contribution in [3.63, 3.8) is 0 Å². The summed E-state index contributed by atoms with van der Waals surface area (Å²) >= 11 is 1.35. The maximum absolute atomic E-state index is 12.5. The van der Waals surface area contributed by atoms with E-state index in [1.807, 2.05) is 35.7 Å². The number of nitrogens with zero attached hydrogens (tertiary/aromatic N) is 1. The molecule has 20 heavy (non-hydrogen) atoms. The fourth-order valence-electron chi connectivity index (χ4n) is 1.93. The van der Waals surface area contributed by atoms with Gasteiger partial charge in [-0.15, -0.1) is 11.3 Å². The van der Waals surface area contributed by atoms with Crippen LogP contribution in [0.5, 0.6) is 5.75 Å². The third-order valence-electron chi connectivity index (χ3n) is 2.92. The van der Waals surface area contributed by atoms with Crippen LogP contribution in [-0.2, 0) is 6.54 Å². The number of amides is 1. The van der Waals surface area contributed by atoms with Gasteiger partial charge in [-0.25, -0.2) is 0 Å². The smallest absolute Gasteiger partial charge is 0.268 e. The minimum Gasteiger partial charge on any atom is -0.495 e. The van der Waals surface area contributed by atoms with Gasteiger partial charge in [0.05, 0.1) is 13.7 Å². The molecule has 0 spiro atoms. The molecule has 2 aromatic rings. The molecule has 0 radical (unpaired) electrons. The minimum absolute atomic E-state index is 0.0632. The van der Waals surface area contributed by atoms with E-state index >= 15 is 0 Å². The molecule has 1 amide bonds. The van der Waals surface area contributed by atoms with Crippen molar-refractivity contribution in [2.45, 2.75) is 6.54 Å². The standard InChI is InChI=1S/C15H17NO3S/c1-19-13-7-10-20-14(13)15(18)16(8-9-17)11-12-5-3-2-4-6-12/h2-7,10,17H,8-9,11H2,1H3. The minimum atomic E-state index is -0.116. The van der Waals surface area contributed by atoms with E-state index in [1.165, 1.54) is 11.3 Å². The van der Waals surface area contributed by atoms with Crippen molar-refractivity contribution in [2.75, 3.05) is 20.3 Å². The van der Waals surface area contributed by atoms with E-state index in [2.05, 4.69) is 0 Å². The van der Waals surface area contributed by atoms with Crippen LogP contribution in [0.1, 0.15) is 15.2 Å². The predicted molar refractivity (Wildman–Crippen MR) is 79.1 cm³/mol. The van der Waals surface area contributed by atoms with Crippen LogP contribution < -0.4 is 4.74 Å². The van der Waals surface area contributed by atoms with Crippen molar-refractivity contribution in [2.24, 2.45) is 0 Å². The zero-order chi connectivity index (χ0) is 14.4. The number of hydrogen-bond acceptors (Lipinski definition) is 4. The molecule has 1 aromatic carbocycles. The van der Waals surface area contributed by atoms with Crippen LogP contribution in [0, 0.1) is 0 Å². The highest BCUT2D eigenvalue weighted by Gasteiger charge is 2.20. The van der Waals surface area contributed by atoms with Gasteiger partial charge in [0, 0.05) is 13.1 Å². The summed E-state index contributed by atoms with van der Waals surface area (Å²) < 4.78 is 5.19. The average molecular weight is 291 g/mol. The summed E-state index contributed by atoms with van der Waals surface area (Å²) in [6.45, 7) is 0.711. The van der Waals surface area contributed by atoms with Gasteiger partial charge < -0.3 is 14.7 Å². The molecule has 0 saturated heterocycles. The molecule has 0 atom stereocenters. The monoisotopic (exact) mass is 291 g/mol. The van der Waals surface area contributed by atoms with Crippen LogP contribution in [0.3, 0.4) is 0 Å². The second-order valence-electron chi connectivity index (χ2n) is 4.25. The third kappa shape index (κ3) is 3.37. The van der Waals surface area contributed by atoms with Crippen LogP contribution in [0.4, 0.5) is 0 Å². The molecule has 0 fully saturated rings. The number of hydrogen-bond donors (Lipinski definition) is 1. The number of benzene rings is 1. The lowest BCUT2D eigenvalue weighted by atomic mass is 10.2. The van der Waals surface area contributed by atoms with E-state index in [1.54, 1.807) is 18.1 Å². The number of methoxy groups -OCH3 is 1. The molecule has 1 N–H and O–H groups in total. The van der Waals surface area contributed by atoms with Gasteiger partial charge in [0.2, 0.25) is 0 Å². The zero-order valence-corrected chi connectivity index (χ0v) is 12.1. The van der Waals surface area contributed by atoms with Crippen molar-refractivity contribution in [1.82, 2.24) is 4.90 Å². The van der Waals surface area contributed by atoms with E-state index in [0.29, 0.717) is 23.7 Å². The summed E-state index contributed by atoms with van der Waals surface area (Å²) in [6, 6.07) is 11.5. The summed E-state index contributed by atoms with van der Waals surface area (Å²) in [7, 11) is 1.55. The highest BCUT2D eigenvalue weighted by atomic mass is 32.1. The Hall–Kier alpha value is -1.85. The molecule has 0 aliphatic rings. The number of rotatable bonds is 6. The first kappa shape index (κ1) is 14.6. The molecular formula is C15H17NO3S. The molecule has 4 nitrogen and oxygen atoms in total. The molecular weight excluding hydrogens is 274 g/mol. The average Bonchev–Trinajstić information content (AvgIpc) is 2.95. The molecule has 1 aromatic heterocycles. The number of aliphatic hydroxyl groups is 1. The largest absolute Gasteiger partial charge is 0.495 e. The Morgan fingerprint density at radius 1 is 1.30 bits per heavy atom. The Kier molecular flexibility index (Phi) is 5.15. The summed E-state index contributed by atoms with van der Waals surface area (Å²) in [5.74, 6) is 0.464. The second kappa shape index (κ2) is 7.07. The van der Waals surface area contributed by atoms with Crippen LogP contribution in [0.25, 0.3) is 0 Å². The number of thiophene rings is 1. The topological polar surface area (TPSA) is 49.8 Å². The van der Waals surface area contributed by atoms with Crippen molar-refractivity contribution < 1.29 is 14.6 Å². The van der Waals surface area contributed by atoms with Crippen molar-refractivity contribution in [3.05, 3.63) is 52.2 Å². The Morgan fingerprint density at radius 2 is 2.05 bits per heavy atom. The maximum Gasteiger partial charge on any atom is 0.268 e. The first-order valence-corrected chi connectivity index (χ1v) is 7.19. The summed E-state index contributed by atoms with van der Waals surface area (Å²) in [6.07, 6.45) is 0. The van der Waals surface area contributed by atoms with E-state index in [-0.39, 0.29) is 12.5 Å². The number of ether oxygens (including phenoxy) is 1. The lowest BCUT2D eigenvalue weighted by Crippen LogP contribution is -2.32. The van der Waals surface area contributed by atoms with Gasteiger partial charge in [-0.1, -0.05) is 30.3 Å². The van der Waals surface area contributed by atoms with Crippen LogP contribution in [-0.4, -0.2) is 36.2 Å². The first-order chi connectivity index (χ1) is 9.76. The van der Waals surface area contributed by atoms with Crippen molar-refractivity contribution >= 4 is 17.2 Å². The Morgan fingerprint density at radius 3 is 2.70 bits per heavy atom. The van der Waals surface area contributed by atoms with Crippen molar-refractivity contribution in [1.29, 1.82) is 0 Å². The van der Waals surface area contributed by atoms with Gasteiger partial charge in [-0.3, -0.25) is 4.79 Å². The second-order valence-corrected chi connectivity index (χ2v) is 5.17. The maximum atomic E-state index is 12.5. The highest BCUT2D eigenvalue weighted by Crippen LogP contribution is 2.26. The van der Waals surface area contributed by atoms with E-state index in [4.69, 9.17) is 9.84 Å². The number of carbonyl (C=O) groups is 1. The van der Waals surface area contributed by atoms with Crippen molar-refractivity contribution in [3.8, 4) is 5.75 Å². The Labute approximate surface area is 122 Å². The van der Waals surface area contributed by atoms with Gasteiger partial charge >= 0.3 is 0 Å². The molecule has 106 valence electrons. The van der Waals surface area contributed by atoms with E-state index in [9.17, 15) is 4.79 Å². The van der Waals surface area contributed by atoms with Gasteiger partial charge in [0.25, 0.3) is 5.91 Å². The lowest BCUT2D eigenvalue weighted by Gasteiger charge is -2.21. The normalized spacial score (nSPS) is 10.3. The van der Waals surface area contributed by atoms with Gasteiger partial charge in [0.15, 0.2) is 0 Å². The summed E-state index contributed by atoms with van der Waals surface area (Å²) in [4.78, 5) is 14.7. The molecule has 0 bridgehead atoms. The predicted octanol–water partition coefficient (Wildman–Crippen LogP) is 2.39. The van der Waals surface area contributed by atoms with Gasteiger partial charge in [0.1, 0.15) is 10.6 Å². The molecule has 0 saturated carbocycles. The third-order valence-corrected chi connectivity index (χ3v) is 3.80. The fourth-order valence-corrected chi connectivity index (χ4v) is 2.76. The van der Waals surface area contributed by atoms with Crippen LogP contribution >= 0.6 is 11.3 Å². The fraction of sp³-hybridized carbons (Fsp3) is 0.267. The zero-order valence-electron chi connectivity index (χ0n) is 11.3. The Bertz CT molecular complexity index is 553. The number of aliphatic hydroxyl groups excluding tert-OH is 1. The summed E-state index contributed by atoms with van der Waals surface area (Å²) in [5, 5.41) is 11.0. The molecule has 2 rings (SSSR count).